The molecule has 7 heteroatoms. The fraction of sp³-hybridized carbons (Fsp3) is 0.0952. The first-order valence-corrected chi connectivity index (χ1v) is 8.50. The molecule has 0 fully saturated rings. The quantitative estimate of drug-likeness (QED) is 0.660. The molecule has 0 saturated carbocycles. The molecule has 28 heavy (non-hydrogen) atoms. The van der Waals surface area contributed by atoms with Gasteiger partial charge in [0.25, 0.3) is 5.91 Å². The normalized spacial score (nSPS) is 10.0. The lowest BCUT2D eigenvalue weighted by Crippen LogP contribution is -2.16. The Hall–Kier alpha value is -4.05. The number of ketones is 1. The van der Waals surface area contributed by atoms with Crippen LogP contribution in [-0.2, 0) is 0 Å². The Kier molecular flexibility index (Phi) is 5.42. The lowest BCUT2D eigenvalue weighted by atomic mass is 10.1. The van der Waals surface area contributed by atoms with Gasteiger partial charge in [0.2, 0.25) is 5.95 Å². The summed E-state index contributed by atoms with van der Waals surface area (Å²) < 4.78 is 0. The van der Waals surface area contributed by atoms with E-state index in [4.69, 9.17) is 0 Å². The molecule has 1 heterocycles. The van der Waals surface area contributed by atoms with Crippen molar-refractivity contribution in [1.29, 1.82) is 5.26 Å². The minimum absolute atomic E-state index is 0.0865. The van der Waals surface area contributed by atoms with Crippen LogP contribution in [0.1, 0.15) is 39.0 Å². The summed E-state index contributed by atoms with van der Waals surface area (Å²) in [4.78, 5) is 32.6. The van der Waals surface area contributed by atoms with Gasteiger partial charge in [-0.15, -0.1) is 0 Å². The number of carbonyl (C=O) groups is 2. The second kappa shape index (κ2) is 8.10. The van der Waals surface area contributed by atoms with Gasteiger partial charge in [0.15, 0.2) is 5.78 Å². The van der Waals surface area contributed by atoms with Gasteiger partial charge in [-0.05, 0) is 44.2 Å². The van der Waals surface area contributed by atoms with Gasteiger partial charge in [-0.2, -0.15) is 5.26 Å². The summed E-state index contributed by atoms with van der Waals surface area (Å²) in [7, 11) is 0. The third-order valence-electron chi connectivity index (χ3n) is 3.91. The Morgan fingerprint density at radius 2 is 1.82 bits per heavy atom. The molecule has 1 amide bonds. The molecule has 7 nitrogen and oxygen atoms in total. The van der Waals surface area contributed by atoms with Gasteiger partial charge in [-0.25, -0.2) is 9.97 Å². The van der Waals surface area contributed by atoms with Crippen LogP contribution < -0.4 is 10.6 Å². The number of carbonyl (C=O) groups excluding carboxylic acids is 2. The molecule has 0 aliphatic rings. The number of benzene rings is 2. The highest BCUT2D eigenvalue weighted by Crippen LogP contribution is 2.19. The number of nitrogens with one attached hydrogen (secondary N) is 2. The maximum atomic E-state index is 12.6. The van der Waals surface area contributed by atoms with Crippen molar-refractivity contribution >= 4 is 29.0 Å². The average Bonchev–Trinajstić information content (AvgIpc) is 2.68. The van der Waals surface area contributed by atoms with Crippen molar-refractivity contribution in [2.75, 3.05) is 10.6 Å². The molecule has 0 atom stereocenters. The van der Waals surface area contributed by atoms with Gasteiger partial charge in [0.1, 0.15) is 11.8 Å². The summed E-state index contributed by atoms with van der Waals surface area (Å²) in [6.45, 7) is 3.21. The molecular formula is C21H17N5O2. The van der Waals surface area contributed by atoms with Crippen LogP contribution in [0.3, 0.4) is 0 Å². The van der Waals surface area contributed by atoms with E-state index in [0.717, 1.165) is 0 Å². The van der Waals surface area contributed by atoms with Crippen LogP contribution in [0.4, 0.5) is 17.3 Å². The van der Waals surface area contributed by atoms with E-state index in [-0.39, 0.29) is 17.4 Å². The van der Waals surface area contributed by atoms with Crippen molar-refractivity contribution in [2.45, 2.75) is 13.8 Å². The van der Waals surface area contributed by atoms with Gasteiger partial charge < -0.3 is 10.6 Å². The second-order valence-corrected chi connectivity index (χ2v) is 6.09. The van der Waals surface area contributed by atoms with Crippen molar-refractivity contribution in [3.63, 3.8) is 0 Å². The second-order valence-electron chi connectivity index (χ2n) is 6.09. The largest absolute Gasteiger partial charge is 0.323 e. The zero-order chi connectivity index (χ0) is 20.1. The summed E-state index contributed by atoms with van der Waals surface area (Å²) in [5.74, 6) is -0.301. The SMILES string of the molecule is CC(=O)c1cccc(NC(=O)c2cc(C)nc(Nc3ccccc3C#N)n2)c1. The first-order valence-electron chi connectivity index (χ1n) is 8.50. The van der Waals surface area contributed by atoms with Crippen LogP contribution in [-0.4, -0.2) is 21.7 Å². The van der Waals surface area contributed by atoms with Crippen LogP contribution in [0, 0.1) is 18.3 Å². The van der Waals surface area contributed by atoms with E-state index in [2.05, 4.69) is 26.7 Å². The molecule has 0 saturated heterocycles. The minimum Gasteiger partial charge on any atom is -0.323 e. The van der Waals surface area contributed by atoms with Gasteiger partial charge in [-0.1, -0.05) is 24.3 Å². The maximum Gasteiger partial charge on any atom is 0.274 e. The fourth-order valence-corrected chi connectivity index (χ4v) is 2.56. The number of nitrogens with zero attached hydrogens (tertiary/aromatic N) is 3. The van der Waals surface area contributed by atoms with Crippen LogP contribution in [0.25, 0.3) is 0 Å². The summed E-state index contributed by atoms with van der Waals surface area (Å²) in [5.41, 5.74) is 2.76. The highest BCUT2D eigenvalue weighted by molar-refractivity contribution is 6.04. The zero-order valence-corrected chi connectivity index (χ0v) is 15.4. The minimum atomic E-state index is -0.428. The summed E-state index contributed by atoms with van der Waals surface area (Å²) in [5, 5.41) is 14.9. The van der Waals surface area contributed by atoms with Crippen LogP contribution in [0.2, 0.25) is 0 Å². The number of anilines is 3. The van der Waals surface area contributed by atoms with Crippen LogP contribution in [0.15, 0.2) is 54.6 Å². The first kappa shape index (κ1) is 18.7. The number of rotatable bonds is 5. The molecule has 138 valence electrons. The molecule has 3 rings (SSSR count). The topological polar surface area (TPSA) is 108 Å². The van der Waals surface area contributed by atoms with E-state index in [9.17, 15) is 14.9 Å². The number of hydrogen-bond acceptors (Lipinski definition) is 6. The monoisotopic (exact) mass is 371 g/mol. The molecule has 1 aromatic heterocycles. The third-order valence-corrected chi connectivity index (χ3v) is 3.91. The molecule has 0 aliphatic carbocycles. The van der Waals surface area contributed by atoms with Crippen molar-refractivity contribution in [3.05, 3.63) is 77.1 Å². The van der Waals surface area contributed by atoms with E-state index in [1.165, 1.54) is 6.92 Å². The van der Waals surface area contributed by atoms with Crippen LogP contribution in [0.5, 0.6) is 0 Å². The summed E-state index contributed by atoms with van der Waals surface area (Å²) >= 11 is 0. The molecule has 0 spiro atoms. The number of Topliss-reactive ketones (excluding diaryl/α,β-unsaturated/α-hetero) is 1. The van der Waals surface area contributed by atoms with Crippen molar-refractivity contribution in [2.24, 2.45) is 0 Å². The molecule has 0 radical (unpaired) electrons. The van der Waals surface area contributed by atoms with E-state index in [1.54, 1.807) is 61.5 Å². The Bertz CT molecular complexity index is 1100. The first-order chi connectivity index (χ1) is 13.5. The molecule has 2 N–H and O–H groups in total. The lowest BCUT2D eigenvalue weighted by molar-refractivity contribution is 0.100. The summed E-state index contributed by atoms with van der Waals surface area (Å²) in [6, 6.07) is 17.3. The predicted octanol–water partition coefficient (Wildman–Crippen LogP) is 3.86. The highest BCUT2D eigenvalue weighted by atomic mass is 16.2. The van der Waals surface area contributed by atoms with E-state index in [0.29, 0.717) is 28.2 Å². The fourth-order valence-electron chi connectivity index (χ4n) is 2.56. The lowest BCUT2D eigenvalue weighted by Gasteiger charge is -2.10. The average molecular weight is 371 g/mol. The van der Waals surface area contributed by atoms with Gasteiger partial charge in [0.05, 0.1) is 11.3 Å². The molecule has 0 bridgehead atoms. The van der Waals surface area contributed by atoms with Gasteiger partial charge in [-0.3, -0.25) is 9.59 Å². The molecule has 0 unspecified atom stereocenters. The molecule has 2 aromatic carbocycles. The highest BCUT2D eigenvalue weighted by Gasteiger charge is 2.13. The molecule has 3 aromatic rings. The van der Waals surface area contributed by atoms with Crippen LogP contribution >= 0.6 is 0 Å². The maximum absolute atomic E-state index is 12.6. The van der Waals surface area contributed by atoms with E-state index < -0.39 is 5.91 Å². The zero-order valence-electron chi connectivity index (χ0n) is 15.4. The van der Waals surface area contributed by atoms with Crippen molar-refractivity contribution in [3.8, 4) is 6.07 Å². The number of amides is 1. The van der Waals surface area contributed by atoms with Crippen molar-refractivity contribution < 1.29 is 9.59 Å². The van der Waals surface area contributed by atoms with Gasteiger partial charge in [0, 0.05) is 16.9 Å². The Labute approximate surface area is 162 Å². The van der Waals surface area contributed by atoms with E-state index >= 15 is 0 Å². The summed E-state index contributed by atoms with van der Waals surface area (Å²) in [6.07, 6.45) is 0. The smallest absolute Gasteiger partial charge is 0.274 e. The van der Waals surface area contributed by atoms with Gasteiger partial charge >= 0.3 is 0 Å². The Balaban J connectivity index is 1.85. The number of hydrogen-bond donors (Lipinski definition) is 2. The van der Waals surface area contributed by atoms with Crippen molar-refractivity contribution in [1.82, 2.24) is 9.97 Å². The molecular weight excluding hydrogens is 354 g/mol. The number of aromatic nitrogens is 2. The Morgan fingerprint density at radius 3 is 2.57 bits per heavy atom. The standard InChI is InChI=1S/C21H17N5O2/c1-13-10-19(20(28)24-17-8-5-7-15(11-17)14(2)27)26-21(23-13)25-18-9-4-3-6-16(18)12-22/h3-11H,1-2H3,(H,24,28)(H,23,25,26). The predicted molar refractivity (Wildman–Crippen MR) is 106 cm³/mol. The Morgan fingerprint density at radius 1 is 1.04 bits per heavy atom. The van der Waals surface area contributed by atoms with E-state index in [1.807, 2.05) is 0 Å². The third kappa shape index (κ3) is 4.37. The number of nitriles is 1. The number of aryl methyl sites for hydroxylation is 1. The molecule has 0 aliphatic heterocycles. The number of para-hydroxylation sites is 1.